The Kier molecular flexibility index (Phi) is 5.10. The molecule has 4 nitrogen and oxygen atoms in total. The average molecular weight is 324 g/mol. The zero-order chi connectivity index (χ0) is 16.9. The van der Waals surface area contributed by atoms with Gasteiger partial charge in [0.2, 0.25) is 0 Å². The van der Waals surface area contributed by atoms with E-state index in [0.717, 1.165) is 5.56 Å². The monoisotopic (exact) mass is 324 g/mol. The van der Waals surface area contributed by atoms with Crippen molar-refractivity contribution in [1.82, 2.24) is 0 Å². The molecule has 2 rings (SSSR count). The maximum atomic E-state index is 12.1. The maximum absolute atomic E-state index is 12.1. The second-order valence-electron chi connectivity index (χ2n) is 4.63. The zero-order valence-corrected chi connectivity index (χ0v) is 12.3. The zero-order valence-electron chi connectivity index (χ0n) is 12.3. The normalized spacial score (nSPS) is 12.1. The van der Waals surface area contributed by atoms with Crippen LogP contribution in [0.1, 0.15) is 11.1 Å². The molecule has 2 aromatic rings. The minimum Gasteiger partial charge on any atom is -0.497 e. The van der Waals surface area contributed by atoms with Crippen LogP contribution in [0.2, 0.25) is 0 Å². The van der Waals surface area contributed by atoms with E-state index in [1.807, 2.05) is 24.3 Å². The van der Waals surface area contributed by atoms with E-state index in [1.165, 1.54) is 24.3 Å². The standard InChI is InChI=1S/C16H15F3N2O2/c1-22-14-4-2-3-11(9-14)10-21-15(20)12-5-7-13(8-6-12)23-16(17,18)19/h2-9H,10H2,1H3,(H2,20,21). The average Bonchev–Trinajstić information content (AvgIpc) is 2.52. The Balaban J connectivity index is 2.05. The van der Waals surface area contributed by atoms with E-state index < -0.39 is 6.36 Å². The van der Waals surface area contributed by atoms with Crippen LogP contribution < -0.4 is 15.2 Å². The molecule has 0 spiro atoms. The highest BCUT2D eigenvalue weighted by molar-refractivity contribution is 5.97. The Bertz CT molecular complexity index is 682. The van der Waals surface area contributed by atoms with E-state index in [4.69, 9.17) is 10.5 Å². The fourth-order valence-electron chi connectivity index (χ4n) is 1.87. The number of alkyl halides is 3. The Morgan fingerprint density at radius 1 is 1.09 bits per heavy atom. The van der Waals surface area contributed by atoms with Gasteiger partial charge in [-0.25, -0.2) is 0 Å². The van der Waals surface area contributed by atoms with Gasteiger partial charge in [0.1, 0.15) is 17.3 Å². The van der Waals surface area contributed by atoms with E-state index in [2.05, 4.69) is 9.73 Å². The highest BCUT2D eigenvalue weighted by Crippen LogP contribution is 2.22. The maximum Gasteiger partial charge on any atom is 0.573 e. The molecule has 0 saturated heterocycles. The Labute approximate surface area is 131 Å². The lowest BCUT2D eigenvalue weighted by Gasteiger charge is -2.09. The molecule has 7 heteroatoms. The van der Waals surface area contributed by atoms with Crippen molar-refractivity contribution in [1.29, 1.82) is 0 Å². The summed E-state index contributed by atoms with van der Waals surface area (Å²) in [6, 6.07) is 12.6. The molecule has 0 radical (unpaired) electrons. The number of ether oxygens (including phenoxy) is 2. The van der Waals surface area contributed by atoms with Crippen LogP contribution in [0.15, 0.2) is 53.5 Å². The molecule has 0 unspecified atom stereocenters. The highest BCUT2D eigenvalue weighted by atomic mass is 19.4. The molecule has 122 valence electrons. The summed E-state index contributed by atoms with van der Waals surface area (Å²) >= 11 is 0. The highest BCUT2D eigenvalue weighted by Gasteiger charge is 2.30. The molecule has 0 atom stereocenters. The number of rotatable bonds is 5. The number of amidine groups is 1. The first-order valence-electron chi connectivity index (χ1n) is 6.66. The number of halogens is 3. The van der Waals surface area contributed by atoms with Crippen LogP contribution >= 0.6 is 0 Å². The summed E-state index contributed by atoms with van der Waals surface area (Å²) in [5.74, 6) is 0.637. The lowest BCUT2D eigenvalue weighted by molar-refractivity contribution is -0.274. The minimum atomic E-state index is -4.71. The van der Waals surface area contributed by atoms with E-state index >= 15 is 0 Å². The molecule has 0 bridgehead atoms. The summed E-state index contributed by atoms with van der Waals surface area (Å²) in [6.45, 7) is 0.337. The van der Waals surface area contributed by atoms with Gasteiger partial charge in [0.15, 0.2) is 0 Å². The predicted octanol–water partition coefficient (Wildman–Crippen LogP) is 3.50. The summed E-state index contributed by atoms with van der Waals surface area (Å²) < 4.78 is 45.2. The van der Waals surface area contributed by atoms with Gasteiger partial charge in [-0.1, -0.05) is 12.1 Å². The molecule has 0 aliphatic heterocycles. The molecular weight excluding hydrogens is 309 g/mol. The van der Waals surface area contributed by atoms with Crippen molar-refractivity contribution in [2.75, 3.05) is 7.11 Å². The summed E-state index contributed by atoms with van der Waals surface area (Å²) in [5.41, 5.74) is 7.27. The van der Waals surface area contributed by atoms with Crippen molar-refractivity contribution >= 4 is 5.84 Å². The molecule has 23 heavy (non-hydrogen) atoms. The van der Waals surface area contributed by atoms with E-state index in [1.54, 1.807) is 7.11 Å². The van der Waals surface area contributed by atoms with Gasteiger partial charge < -0.3 is 15.2 Å². The molecule has 0 aliphatic carbocycles. The van der Waals surface area contributed by atoms with Crippen LogP contribution in [0.5, 0.6) is 11.5 Å². The first-order valence-corrected chi connectivity index (χ1v) is 6.66. The second kappa shape index (κ2) is 7.04. The smallest absolute Gasteiger partial charge is 0.497 e. The molecule has 2 aromatic carbocycles. The van der Waals surface area contributed by atoms with Crippen LogP contribution in [0.25, 0.3) is 0 Å². The van der Waals surface area contributed by atoms with Crippen molar-refractivity contribution in [2.45, 2.75) is 12.9 Å². The SMILES string of the molecule is COc1cccc(CN=C(N)c2ccc(OC(F)(F)F)cc2)c1. The van der Waals surface area contributed by atoms with Crippen LogP contribution in [0.4, 0.5) is 13.2 Å². The fraction of sp³-hybridized carbons (Fsp3) is 0.188. The first-order chi connectivity index (χ1) is 10.9. The summed E-state index contributed by atoms with van der Waals surface area (Å²) in [5, 5.41) is 0. The van der Waals surface area contributed by atoms with E-state index in [9.17, 15) is 13.2 Å². The molecule has 0 heterocycles. The number of nitrogens with two attached hydrogens (primary N) is 1. The fourth-order valence-corrected chi connectivity index (χ4v) is 1.87. The van der Waals surface area contributed by atoms with Crippen LogP contribution in [-0.4, -0.2) is 19.3 Å². The minimum absolute atomic E-state index is 0.228. The number of aliphatic imine (C=N–C) groups is 1. The van der Waals surface area contributed by atoms with E-state index in [0.29, 0.717) is 17.9 Å². The third-order valence-electron chi connectivity index (χ3n) is 2.95. The number of hydrogen-bond acceptors (Lipinski definition) is 3. The van der Waals surface area contributed by atoms with Gasteiger partial charge in [0, 0.05) is 5.56 Å². The lowest BCUT2D eigenvalue weighted by atomic mass is 10.2. The quantitative estimate of drug-likeness (QED) is 0.676. The summed E-state index contributed by atoms with van der Waals surface area (Å²) in [7, 11) is 1.57. The Morgan fingerprint density at radius 2 is 1.78 bits per heavy atom. The molecule has 2 N–H and O–H groups in total. The summed E-state index contributed by atoms with van der Waals surface area (Å²) in [4.78, 5) is 4.22. The molecule has 0 aliphatic rings. The van der Waals surface area contributed by atoms with Gasteiger partial charge in [0.25, 0.3) is 0 Å². The van der Waals surface area contributed by atoms with Gasteiger partial charge in [-0.15, -0.1) is 13.2 Å². The van der Waals surface area contributed by atoms with Crippen molar-refractivity contribution < 1.29 is 22.6 Å². The molecule has 0 saturated carbocycles. The topological polar surface area (TPSA) is 56.8 Å². The first kappa shape index (κ1) is 16.7. The van der Waals surface area contributed by atoms with Gasteiger partial charge >= 0.3 is 6.36 Å². The second-order valence-corrected chi connectivity index (χ2v) is 4.63. The van der Waals surface area contributed by atoms with Crippen molar-refractivity contribution in [3.63, 3.8) is 0 Å². The van der Waals surface area contributed by atoms with Gasteiger partial charge in [-0.05, 0) is 42.0 Å². The number of nitrogens with zero attached hydrogens (tertiary/aromatic N) is 1. The predicted molar refractivity (Wildman–Crippen MR) is 80.5 cm³/mol. The number of hydrogen-bond donors (Lipinski definition) is 1. The van der Waals surface area contributed by atoms with Crippen molar-refractivity contribution in [2.24, 2.45) is 10.7 Å². The largest absolute Gasteiger partial charge is 0.573 e. The lowest BCUT2D eigenvalue weighted by Crippen LogP contribution is -2.17. The van der Waals surface area contributed by atoms with Crippen LogP contribution in [0.3, 0.4) is 0 Å². The third kappa shape index (κ3) is 5.21. The molecule has 0 amide bonds. The van der Waals surface area contributed by atoms with Crippen LogP contribution in [-0.2, 0) is 6.54 Å². The third-order valence-corrected chi connectivity index (χ3v) is 2.95. The Morgan fingerprint density at radius 3 is 2.39 bits per heavy atom. The number of benzene rings is 2. The molecular formula is C16H15F3N2O2. The Hall–Kier alpha value is -2.70. The van der Waals surface area contributed by atoms with E-state index in [-0.39, 0.29) is 11.6 Å². The van der Waals surface area contributed by atoms with Gasteiger partial charge in [-0.3, -0.25) is 4.99 Å². The molecule has 0 aromatic heterocycles. The van der Waals surface area contributed by atoms with Crippen molar-refractivity contribution in [3.05, 3.63) is 59.7 Å². The van der Waals surface area contributed by atoms with Gasteiger partial charge in [0.05, 0.1) is 13.7 Å². The summed E-state index contributed by atoms with van der Waals surface area (Å²) in [6.07, 6.45) is -4.71. The van der Waals surface area contributed by atoms with Gasteiger partial charge in [-0.2, -0.15) is 0 Å². The van der Waals surface area contributed by atoms with Crippen LogP contribution in [0, 0.1) is 0 Å². The molecule has 0 fully saturated rings. The van der Waals surface area contributed by atoms with Crippen molar-refractivity contribution in [3.8, 4) is 11.5 Å². The number of methoxy groups -OCH3 is 1.